The number of nitrogens with one attached hydrogen (secondary N) is 1. The van der Waals surface area contributed by atoms with Crippen molar-refractivity contribution >= 4 is 6.03 Å². The van der Waals surface area contributed by atoms with E-state index in [2.05, 4.69) is 34.7 Å². The Bertz CT molecular complexity index is 436. The van der Waals surface area contributed by atoms with E-state index in [0.29, 0.717) is 6.04 Å². The van der Waals surface area contributed by atoms with Crippen LogP contribution in [0.5, 0.6) is 0 Å². The Morgan fingerprint density at radius 1 is 1.40 bits per heavy atom. The Labute approximate surface area is 119 Å². The molecule has 0 saturated heterocycles. The van der Waals surface area contributed by atoms with Crippen molar-refractivity contribution in [2.24, 2.45) is 0 Å². The zero-order valence-corrected chi connectivity index (χ0v) is 12.5. The van der Waals surface area contributed by atoms with Crippen molar-refractivity contribution in [3.05, 3.63) is 5.82 Å². The molecule has 7 heteroatoms. The zero-order valence-electron chi connectivity index (χ0n) is 12.5. The fourth-order valence-corrected chi connectivity index (χ4v) is 2.26. The normalized spacial score (nSPS) is 15.9. The maximum Gasteiger partial charge on any atom is 0.317 e. The molecule has 2 rings (SSSR count). The minimum Gasteiger partial charge on any atom is -0.328 e. The molecule has 0 radical (unpaired) electrons. The summed E-state index contributed by atoms with van der Waals surface area (Å²) in [6.07, 6.45) is 4.16. The van der Waals surface area contributed by atoms with Gasteiger partial charge in [0.25, 0.3) is 0 Å². The van der Waals surface area contributed by atoms with E-state index in [0.717, 1.165) is 44.6 Å². The van der Waals surface area contributed by atoms with Gasteiger partial charge in [-0.05, 0) is 43.0 Å². The summed E-state index contributed by atoms with van der Waals surface area (Å²) in [7, 11) is 0. The summed E-state index contributed by atoms with van der Waals surface area (Å²) < 4.78 is 1.84. The molecule has 1 heterocycles. The number of hydrogen-bond acceptors (Lipinski definition) is 4. The van der Waals surface area contributed by atoms with Gasteiger partial charge in [0.1, 0.15) is 0 Å². The predicted molar refractivity (Wildman–Crippen MR) is 75.2 cm³/mol. The van der Waals surface area contributed by atoms with E-state index in [1.165, 1.54) is 0 Å². The molecule has 1 saturated carbocycles. The lowest BCUT2D eigenvalue weighted by atomic mass is 10.3. The zero-order chi connectivity index (χ0) is 14.5. The molecule has 1 aliphatic rings. The van der Waals surface area contributed by atoms with Crippen LogP contribution in [0, 0.1) is 0 Å². The minimum absolute atomic E-state index is 0.0356. The van der Waals surface area contributed by atoms with Gasteiger partial charge in [-0.15, -0.1) is 5.10 Å². The fourth-order valence-electron chi connectivity index (χ4n) is 2.26. The molecule has 1 N–H and O–H groups in total. The first-order chi connectivity index (χ1) is 9.67. The summed E-state index contributed by atoms with van der Waals surface area (Å²) in [5, 5.41) is 14.8. The van der Waals surface area contributed by atoms with Crippen LogP contribution < -0.4 is 5.32 Å². The van der Waals surface area contributed by atoms with Crippen molar-refractivity contribution in [3.8, 4) is 0 Å². The average Bonchev–Trinajstić information content (AvgIpc) is 3.15. The molecule has 112 valence electrons. The average molecular weight is 280 g/mol. The Kier molecular flexibility index (Phi) is 4.92. The molecule has 0 aliphatic heterocycles. The van der Waals surface area contributed by atoms with Crippen LogP contribution in [0.1, 0.15) is 64.4 Å². The van der Waals surface area contributed by atoms with Gasteiger partial charge in [-0.25, -0.2) is 9.48 Å². The molecule has 1 fully saturated rings. The number of hydrogen-bond donors (Lipinski definition) is 1. The number of urea groups is 1. The number of carbonyl (C=O) groups excluding carboxylic acids is 1. The highest BCUT2D eigenvalue weighted by atomic mass is 16.2. The van der Waals surface area contributed by atoms with Gasteiger partial charge < -0.3 is 10.2 Å². The summed E-state index contributed by atoms with van der Waals surface area (Å²) >= 11 is 0. The molecule has 20 heavy (non-hydrogen) atoms. The molecule has 2 amide bonds. The molecule has 1 aromatic heterocycles. The van der Waals surface area contributed by atoms with Crippen molar-refractivity contribution < 1.29 is 4.79 Å². The van der Waals surface area contributed by atoms with Crippen LogP contribution in [0.4, 0.5) is 4.79 Å². The number of rotatable bonds is 7. The van der Waals surface area contributed by atoms with Crippen molar-refractivity contribution in [1.29, 1.82) is 0 Å². The van der Waals surface area contributed by atoms with Crippen LogP contribution in [0.3, 0.4) is 0 Å². The number of carbonyl (C=O) groups is 1. The quantitative estimate of drug-likeness (QED) is 0.827. The lowest BCUT2D eigenvalue weighted by Gasteiger charge is -2.24. The number of tetrazole rings is 1. The van der Waals surface area contributed by atoms with Crippen LogP contribution in [0.15, 0.2) is 0 Å². The van der Waals surface area contributed by atoms with Crippen molar-refractivity contribution in [2.75, 3.05) is 13.1 Å². The van der Waals surface area contributed by atoms with Crippen molar-refractivity contribution in [1.82, 2.24) is 30.4 Å². The van der Waals surface area contributed by atoms with Crippen LogP contribution in [0.2, 0.25) is 0 Å². The second kappa shape index (κ2) is 6.67. The molecule has 1 atom stereocenters. The summed E-state index contributed by atoms with van der Waals surface area (Å²) in [5.74, 6) is 0.744. The first-order valence-corrected chi connectivity index (χ1v) is 7.50. The van der Waals surface area contributed by atoms with Crippen molar-refractivity contribution in [2.45, 2.75) is 58.5 Å². The van der Waals surface area contributed by atoms with Gasteiger partial charge >= 0.3 is 6.03 Å². The minimum atomic E-state index is -0.172. The summed E-state index contributed by atoms with van der Waals surface area (Å²) in [5.41, 5.74) is 0. The highest BCUT2D eigenvalue weighted by molar-refractivity contribution is 5.74. The van der Waals surface area contributed by atoms with Crippen molar-refractivity contribution in [3.63, 3.8) is 0 Å². The van der Waals surface area contributed by atoms with Gasteiger partial charge in [0.2, 0.25) is 0 Å². The monoisotopic (exact) mass is 280 g/mol. The fraction of sp³-hybridized carbons (Fsp3) is 0.846. The summed E-state index contributed by atoms with van der Waals surface area (Å²) in [6.45, 7) is 7.64. The SMILES string of the molecule is CCCN(CCC)C(=O)NC(C)c1nnnn1C1CC1. The predicted octanol–water partition coefficient (Wildman–Crippen LogP) is 1.90. The van der Waals surface area contributed by atoms with Crippen LogP contribution in [-0.2, 0) is 0 Å². The topological polar surface area (TPSA) is 75.9 Å². The van der Waals surface area contributed by atoms with E-state index in [9.17, 15) is 4.79 Å². The maximum atomic E-state index is 12.3. The van der Waals surface area contributed by atoms with E-state index in [4.69, 9.17) is 0 Å². The molecule has 0 spiro atoms. The first-order valence-electron chi connectivity index (χ1n) is 7.50. The number of amides is 2. The molecule has 1 unspecified atom stereocenters. The van der Waals surface area contributed by atoms with E-state index >= 15 is 0 Å². The molecule has 0 bridgehead atoms. The Morgan fingerprint density at radius 3 is 2.60 bits per heavy atom. The number of nitrogens with zero attached hydrogens (tertiary/aromatic N) is 5. The van der Waals surface area contributed by atoms with Gasteiger partial charge in [0.15, 0.2) is 5.82 Å². The smallest absolute Gasteiger partial charge is 0.317 e. The van der Waals surface area contributed by atoms with Crippen LogP contribution in [0.25, 0.3) is 0 Å². The standard InChI is InChI=1S/C13H24N6O/c1-4-8-18(9-5-2)13(20)14-10(3)12-15-16-17-19(12)11-6-7-11/h10-11H,4-9H2,1-3H3,(H,14,20). The van der Waals surface area contributed by atoms with Crippen LogP contribution in [-0.4, -0.2) is 44.2 Å². The lowest BCUT2D eigenvalue weighted by Crippen LogP contribution is -2.42. The third kappa shape index (κ3) is 3.46. The Morgan fingerprint density at radius 2 is 2.05 bits per heavy atom. The third-order valence-corrected chi connectivity index (χ3v) is 3.41. The Balaban J connectivity index is 1.96. The van der Waals surface area contributed by atoms with Crippen LogP contribution >= 0.6 is 0 Å². The molecule has 0 aromatic carbocycles. The largest absolute Gasteiger partial charge is 0.328 e. The van der Waals surface area contributed by atoms with Gasteiger partial charge in [0, 0.05) is 13.1 Å². The lowest BCUT2D eigenvalue weighted by molar-refractivity contribution is 0.193. The summed E-state index contributed by atoms with van der Waals surface area (Å²) in [4.78, 5) is 14.1. The van der Waals surface area contributed by atoms with Gasteiger partial charge in [-0.1, -0.05) is 13.8 Å². The third-order valence-electron chi connectivity index (χ3n) is 3.41. The molecular formula is C13H24N6O. The van der Waals surface area contributed by atoms with Gasteiger partial charge in [-0.2, -0.15) is 0 Å². The maximum absolute atomic E-state index is 12.3. The first kappa shape index (κ1) is 14.7. The highest BCUT2D eigenvalue weighted by Crippen LogP contribution is 2.35. The van der Waals surface area contributed by atoms with E-state index < -0.39 is 0 Å². The number of aromatic nitrogens is 4. The molecule has 1 aliphatic carbocycles. The highest BCUT2D eigenvalue weighted by Gasteiger charge is 2.30. The van der Waals surface area contributed by atoms with E-state index in [-0.39, 0.29) is 12.1 Å². The van der Waals surface area contributed by atoms with Gasteiger partial charge in [0.05, 0.1) is 12.1 Å². The Hall–Kier alpha value is -1.66. The van der Waals surface area contributed by atoms with E-state index in [1.807, 2.05) is 16.5 Å². The molecular weight excluding hydrogens is 256 g/mol. The molecule has 7 nitrogen and oxygen atoms in total. The second-order valence-corrected chi connectivity index (χ2v) is 5.37. The van der Waals surface area contributed by atoms with Gasteiger partial charge in [-0.3, -0.25) is 0 Å². The van der Waals surface area contributed by atoms with E-state index in [1.54, 1.807) is 0 Å². The molecule has 1 aromatic rings. The second-order valence-electron chi connectivity index (χ2n) is 5.37. The summed E-state index contributed by atoms with van der Waals surface area (Å²) in [6, 6.07) is 0.211.